The maximum Gasteiger partial charge on any atom is 0.416 e. The number of carbonyl (C=O) groups is 4. The fourth-order valence-electron chi connectivity index (χ4n) is 13.9. The number of esters is 1. The number of aromatic carboxylic acids is 3. The van der Waals surface area contributed by atoms with Crippen molar-refractivity contribution in [1.82, 2.24) is 56.5 Å². The SMILES string of the molecule is CCOC(=O)Cn1c(C(=O)O)c(-n2c(=O)[nH]c3cscc3c2=O)c2cc(C(F)(F)F)ccc21.CCn1c(C(=O)O)c(-n2c(=O)[nH]c3cscc3c2=O)c2cc(C(F)(F)F)ccc21.Cn1cc(-n2c(=O)[nH]c3ccccc3c2=O)c2cc(Br)ccc21.Nc1cccc(Cn2c(C(=O)O)c(-n3c(=O)[nH]c4cscc4c3=O)c3cc(Cl)ccc32)c1. The molecule has 0 saturated carbocycles. The molecule has 0 aliphatic heterocycles. The second-order valence-corrected chi connectivity index (χ2v) is 29.4. The van der Waals surface area contributed by atoms with Gasteiger partial charge in [0.15, 0.2) is 17.1 Å². The fraction of sp³-hybridized carbons (Fsp3) is 0.117. The van der Waals surface area contributed by atoms with E-state index < -0.39 is 110 Å². The van der Waals surface area contributed by atoms with Gasteiger partial charge in [-0.3, -0.25) is 24.0 Å². The monoisotopic (exact) mass is 1740 g/mol. The van der Waals surface area contributed by atoms with Gasteiger partial charge in [-0.2, -0.15) is 26.3 Å². The molecule has 11 aromatic heterocycles. The molecule has 17 aromatic rings. The number of nitrogens with one attached hydrogen (secondary N) is 4. The highest BCUT2D eigenvalue weighted by molar-refractivity contribution is 9.10. The maximum absolute atomic E-state index is 13.4. The highest BCUT2D eigenvalue weighted by Gasteiger charge is 2.37. The number of anilines is 1. The van der Waals surface area contributed by atoms with Crippen LogP contribution in [-0.2, 0) is 48.6 Å². The molecule has 11 heterocycles. The summed E-state index contributed by atoms with van der Waals surface area (Å²) >= 11 is 13.2. The molecule has 17 rings (SSSR count). The van der Waals surface area contributed by atoms with Crippen molar-refractivity contribution < 1.29 is 65.6 Å². The van der Waals surface area contributed by atoms with Crippen molar-refractivity contribution in [3.05, 3.63) is 286 Å². The van der Waals surface area contributed by atoms with Gasteiger partial charge in [0.1, 0.15) is 6.54 Å². The van der Waals surface area contributed by atoms with Crippen molar-refractivity contribution in [3.63, 3.8) is 0 Å². The van der Waals surface area contributed by atoms with Gasteiger partial charge in [-0.05, 0) is 116 Å². The van der Waals surface area contributed by atoms with E-state index in [1.165, 1.54) is 48.9 Å². The Hall–Kier alpha value is -13.6. The van der Waals surface area contributed by atoms with Crippen LogP contribution in [0.15, 0.2) is 203 Å². The first-order chi connectivity index (χ1) is 55.6. The number of carbonyl (C=O) groups excluding carboxylic acids is 1. The van der Waals surface area contributed by atoms with Gasteiger partial charge in [-0.15, -0.1) is 34.0 Å². The molecule has 0 atom stereocenters. The Kier molecular flexibility index (Phi) is 21.2. The lowest BCUT2D eigenvalue weighted by Gasteiger charge is -2.10. The van der Waals surface area contributed by atoms with Crippen molar-refractivity contribution >= 4 is 178 Å². The number of carboxylic acid groups (broad SMARTS) is 3. The Morgan fingerprint density at radius 1 is 0.479 bits per heavy atom. The zero-order valence-corrected chi connectivity index (χ0v) is 64.8. The Morgan fingerprint density at radius 2 is 0.915 bits per heavy atom. The third-order valence-electron chi connectivity index (χ3n) is 18.8. The molecule has 596 valence electrons. The van der Waals surface area contributed by atoms with E-state index in [-0.39, 0.29) is 85.9 Å². The number of ether oxygens (including phenoxy) is 1. The van der Waals surface area contributed by atoms with Crippen LogP contribution in [0.2, 0.25) is 5.02 Å². The molecule has 9 N–H and O–H groups in total. The van der Waals surface area contributed by atoms with Crippen molar-refractivity contribution in [2.24, 2.45) is 7.05 Å². The van der Waals surface area contributed by atoms with Gasteiger partial charge in [-0.25, -0.2) is 51.8 Å². The average molecular weight is 1740 g/mol. The number of aryl methyl sites for hydroxylation is 2. The van der Waals surface area contributed by atoms with Gasteiger partial charge in [0.25, 0.3) is 22.2 Å². The molecule has 0 fully saturated rings. The number of halogens is 8. The molecular weight excluding hydrogens is 1690 g/mol. The molecule has 0 amide bonds. The van der Waals surface area contributed by atoms with Gasteiger partial charge in [-0.1, -0.05) is 51.8 Å². The van der Waals surface area contributed by atoms with Crippen molar-refractivity contribution in [3.8, 4) is 22.7 Å². The van der Waals surface area contributed by atoms with Gasteiger partial charge >= 0.3 is 59.0 Å². The van der Waals surface area contributed by atoms with E-state index in [0.717, 1.165) is 77.0 Å². The maximum atomic E-state index is 13.4. The first-order valence-electron chi connectivity index (χ1n) is 34.2. The lowest BCUT2D eigenvalue weighted by atomic mass is 10.1. The highest BCUT2D eigenvalue weighted by Crippen LogP contribution is 2.39. The number of aromatic amines is 4. The molecule has 0 saturated heterocycles. The van der Waals surface area contributed by atoms with E-state index in [9.17, 15) is 99.2 Å². The summed E-state index contributed by atoms with van der Waals surface area (Å²) in [6.45, 7) is 2.74. The predicted octanol–water partition coefficient (Wildman–Crippen LogP) is 13.0. The largest absolute Gasteiger partial charge is 0.477 e. The summed E-state index contributed by atoms with van der Waals surface area (Å²) in [6, 6.07) is 29.8. The molecule has 117 heavy (non-hydrogen) atoms. The van der Waals surface area contributed by atoms with Crippen LogP contribution in [0.25, 0.3) is 110 Å². The Labute approximate surface area is 670 Å². The van der Waals surface area contributed by atoms with Crippen LogP contribution < -0.4 is 50.7 Å². The van der Waals surface area contributed by atoms with Crippen LogP contribution in [0, 0.1) is 0 Å². The minimum absolute atomic E-state index is 0.0144. The van der Waals surface area contributed by atoms with E-state index in [1.807, 2.05) is 35.9 Å². The molecule has 40 heteroatoms. The first-order valence-corrected chi connectivity index (χ1v) is 38.2. The molecule has 0 unspecified atom stereocenters. The van der Waals surface area contributed by atoms with E-state index >= 15 is 0 Å². The van der Waals surface area contributed by atoms with Crippen LogP contribution in [0.1, 0.15) is 62.0 Å². The number of aromatic nitrogens is 12. The number of nitrogens with zero attached hydrogens (tertiary/aromatic N) is 8. The minimum Gasteiger partial charge on any atom is -0.477 e. The zero-order chi connectivity index (χ0) is 83.9. The van der Waals surface area contributed by atoms with Gasteiger partial charge in [0.05, 0.1) is 101 Å². The third kappa shape index (κ3) is 14.5. The molecule has 0 spiro atoms. The first kappa shape index (κ1) is 80.0. The summed E-state index contributed by atoms with van der Waals surface area (Å²) in [7, 11) is 1.89. The quantitative estimate of drug-likeness (QED) is 0.0302. The number of H-pyrrole nitrogens is 4. The zero-order valence-electron chi connectivity index (χ0n) is 60.0. The van der Waals surface area contributed by atoms with E-state index in [4.69, 9.17) is 22.1 Å². The van der Waals surface area contributed by atoms with Gasteiger partial charge in [0.2, 0.25) is 0 Å². The van der Waals surface area contributed by atoms with E-state index in [2.05, 4.69) is 35.9 Å². The normalized spacial score (nSPS) is 11.7. The molecule has 0 bridgehead atoms. The number of rotatable bonds is 13. The second kappa shape index (κ2) is 30.9. The van der Waals surface area contributed by atoms with E-state index in [1.54, 1.807) is 89.1 Å². The number of alkyl halides is 6. The lowest BCUT2D eigenvalue weighted by molar-refractivity contribution is -0.144. The van der Waals surface area contributed by atoms with Crippen LogP contribution in [0.4, 0.5) is 32.0 Å². The van der Waals surface area contributed by atoms with Crippen LogP contribution in [-0.4, -0.2) is 102 Å². The van der Waals surface area contributed by atoms with Crippen molar-refractivity contribution in [1.29, 1.82) is 0 Å². The number of para-hydroxylation sites is 1. The summed E-state index contributed by atoms with van der Waals surface area (Å²) in [4.78, 5) is 162. The molecule has 0 aliphatic rings. The van der Waals surface area contributed by atoms with E-state index in [0.29, 0.717) is 70.4 Å². The summed E-state index contributed by atoms with van der Waals surface area (Å²) in [5.41, 5.74) is 0.439. The average Bonchev–Trinajstić information content (AvgIpc) is 1.60. The summed E-state index contributed by atoms with van der Waals surface area (Å²) in [5.74, 6) is -5.26. The molecule has 0 radical (unpaired) electrons. The number of thiophene rings is 3. The molecular formula is C77H53BrClF6N13O16S3. The Morgan fingerprint density at radius 3 is 1.40 bits per heavy atom. The topological polar surface area (TPSA) is 403 Å². The van der Waals surface area contributed by atoms with Gasteiger partial charge < -0.3 is 64.0 Å². The summed E-state index contributed by atoms with van der Waals surface area (Å²) < 4.78 is 94.5. The van der Waals surface area contributed by atoms with Crippen LogP contribution >= 0.6 is 61.5 Å². The number of carboxylic acids is 3. The number of nitrogen functional groups attached to an aromatic ring is 1. The van der Waals surface area contributed by atoms with Crippen LogP contribution in [0.5, 0.6) is 0 Å². The van der Waals surface area contributed by atoms with Gasteiger partial charge in [0, 0.05) is 101 Å². The minimum atomic E-state index is -4.78. The molecule has 0 aliphatic carbocycles. The summed E-state index contributed by atoms with van der Waals surface area (Å²) in [6.07, 6.45) is -7.67. The standard InChI is InChI=1S/C22H15ClN4O4S.C20H14F3N3O6S.C18H12F3N3O4S.C17H12BrN3O2/c23-12-4-5-17-14(7-12)18(27-20(28)15-9-32-10-16(15)25-22(27)31)19(21(29)30)26(17)8-11-2-1-3-13(24)6-11;1-2-32-14(27)6-25-13-4-3-9(20(21,22)23)5-10(13)15(16(25)18(29)30)26-17(28)11-7-33-8-12(11)24-19(26)31;1-2-23-12-4-3-8(18(19,20)21)5-9(12)13(14(23)16(26)27)24-15(25)10-6-29-7-11(10)22-17(24)28;1-20-9-15(12-8-10(18)6-7-14(12)20)21-16(22)11-4-2-3-5-13(11)19-17(21)23/h1-7,9-10H,8,24H2,(H,25,31)(H,29,30);3-5,7-8H,2,6H2,1H3,(H,24,31)(H,29,30);3-7H,2H2,1H3,(H,22,28)(H,26,27);2-9H,1H3,(H,19,23). The van der Waals surface area contributed by atoms with Crippen molar-refractivity contribution in [2.45, 2.75) is 45.8 Å². The fourth-order valence-corrected chi connectivity index (χ4v) is 16.7. The molecule has 29 nitrogen and oxygen atoms in total. The number of nitrogens with two attached hydrogens (primary N) is 1. The predicted molar refractivity (Wildman–Crippen MR) is 433 cm³/mol. The second-order valence-electron chi connectivity index (χ2n) is 25.8. The number of hydrogen-bond acceptors (Lipinski definition) is 17. The van der Waals surface area contributed by atoms with Crippen molar-refractivity contribution in [2.75, 3.05) is 12.3 Å². The summed E-state index contributed by atoms with van der Waals surface area (Å²) in [5, 5.41) is 41.1. The third-order valence-corrected chi connectivity index (χ3v) is 21.8. The van der Waals surface area contributed by atoms with Crippen LogP contribution in [0.3, 0.4) is 0 Å². The highest BCUT2D eigenvalue weighted by atomic mass is 79.9. The Balaban J connectivity index is 0.000000129. The lowest BCUT2D eigenvalue weighted by Crippen LogP contribution is -2.34. The smallest absolute Gasteiger partial charge is 0.416 e. The Bertz CT molecular complexity index is 7570. The number of fused-ring (bicyclic) bond motifs is 8. The molecule has 6 aromatic carbocycles. The number of benzene rings is 6. The number of hydrogen-bond donors (Lipinski definition) is 8.